The number of nitrogens with one attached hydrogen (secondary N) is 1. The van der Waals surface area contributed by atoms with E-state index in [2.05, 4.69) is 10.3 Å². The molecule has 1 heterocycles. The second kappa shape index (κ2) is 6.34. The fourth-order valence-electron chi connectivity index (χ4n) is 2.49. The lowest BCUT2D eigenvalue weighted by Gasteiger charge is -2.38. The van der Waals surface area contributed by atoms with Crippen molar-refractivity contribution in [1.82, 2.24) is 10.3 Å². The van der Waals surface area contributed by atoms with Crippen LogP contribution in [-0.2, 0) is 6.18 Å². The van der Waals surface area contributed by atoms with Crippen LogP contribution in [0.5, 0.6) is 0 Å². The number of hydrogen-bond acceptors (Lipinski definition) is 4. The van der Waals surface area contributed by atoms with Gasteiger partial charge >= 0.3 is 6.18 Å². The molecule has 2 atom stereocenters. The molecular formula is C13H18F3N3S. The van der Waals surface area contributed by atoms with Crippen molar-refractivity contribution in [2.24, 2.45) is 5.84 Å². The zero-order valence-electron chi connectivity index (χ0n) is 11.2. The third-order valence-electron chi connectivity index (χ3n) is 3.61. The molecule has 1 aromatic carbocycles. The number of hydrazine groups is 1. The van der Waals surface area contributed by atoms with Gasteiger partial charge in [0.15, 0.2) is 0 Å². The van der Waals surface area contributed by atoms with E-state index in [1.54, 1.807) is 17.8 Å². The van der Waals surface area contributed by atoms with Crippen molar-refractivity contribution in [3.8, 4) is 0 Å². The molecule has 20 heavy (non-hydrogen) atoms. The Hall–Kier alpha value is -0.760. The van der Waals surface area contributed by atoms with E-state index in [1.807, 2.05) is 7.05 Å². The lowest BCUT2D eigenvalue weighted by Crippen LogP contribution is -2.49. The molecule has 1 aliphatic rings. The third-order valence-corrected chi connectivity index (χ3v) is 4.66. The van der Waals surface area contributed by atoms with Crippen LogP contribution >= 0.6 is 11.8 Å². The smallest absolute Gasteiger partial charge is 0.300 e. The second-order valence-corrected chi connectivity index (χ2v) is 6.00. The molecule has 7 heteroatoms. The van der Waals surface area contributed by atoms with Crippen molar-refractivity contribution in [1.29, 1.82) is 0 Å². The van der Waals surface area contributed by atoms with Gasteiger partial charge in [0.2, 0.25) is 0 Å². The highest BCUT2D eigenvalue weighted by atomic mass is 32.2. The Balaban J connectivity index is 2.37. The first-order valence-electron chi connectivity index (χ1n) is 6.35. The number of hydrogen-bond donors (Lipinski definition) is 2. The molecular weight excluding hydrogens is 287 g/mol. The molecule has 0 bridgehead atoms. The summed E-state index contributed by atoms with van der Waals surface area (Å²) in [5, 5.41) is 0. The minimum Gasteiger partial charge on any atom is -0.300 e. The van der Waals surface area contributed by atoms with Crippen LogP contribution in [0.3, 0.4) is 0 Å². The van der Waals surface area contributed by atoms with Gasteiger partial charge < -0.3 is 0 Å². The maximum Gasteiger partial charge on any atom is 0.416 e. The van der Waals surface area contributed by atoms with Crippen LogP contribution in [-0.4, -0.2) is 36.0 Å². The van der Waals surface area contributed by atoms with E-state index < -0.39 is 17.8 Å². The highest BCUT2D eigenvalue weighted by molar-refractivity contribution is 7.99. The average Bonchev–Trinajstić information content (AvgIpc) is 2.41. The monoisotopic (exact) mass is 305 g/mol. The Morgan fingerprint density at radius 2 is 2.10 bits per heavy atom. The number of nitrogens with zero attached hydrogens (tertiary/aromatic N) is 1. The lowest BCUT2D eigenvalue weighted by atomic mass is 9.94. The van der Waals surface area contributed by atoms with Crippen LogP contribution in [0.15, 0.2) is 24.3 Å². The summed E-state index contributed by atoms with van der Waals surface area (Å²) in [5.74, 6) is 7.31. The number of likely N-dealkylation sites (N-methyl/N-ethyl adjacent to an activating group) is 1. The first kappa shape index (κ1) is 15.6. The number of alkyl halides is 3. The highest BCUT2D eigenvalue weighted by Gasteiger charge is 2.38. The zero-order valence-corrected chi connectivity index (χ0v) is 12.0. The first-order chi connectivity index (χ1) is 9.45. The van der Waals surface area contributed by atoms with Crippen molar-refractivity contribution in [3.05, 3.63) is 35.4 Å². The van der Waals surface area contributed by atoms with Crippen LogP contribution in [0, 0.1) is 0 Å². The van der Waals surface area contributed by atoms with Crippen molar-refractivity contribution < 1.29 is 13.2 Å². The van der Waals surface area contributed by atoms with Gasteiger partial charge in [-0.05, 0) is 18.7 Å². The number of thioether (sulfide) groups is 1. The Morgan fingerprint density at radius 3 is 2.70 bits per heavy atom. The van der Waals surface area contributed by atoms with Crippen LogP contribution in [0.1, 0.15) is 17.2 Å². The number of nitrogens with two attached hydrogens (primary N) is 1. The summed E-state index contributed by atoms with van der Waals surface area (Å²) >= 11 is 1.74. The van der Waals surface area contributed by atoms with Gasteiger partial charge in [0.1, 0.15) is 0 Å². The molecule has 1 fully saturated rings. The average molecular weight is 305 g/mol. The number of rotatable bonds is 3. The predicted molar refractivity (Wildman–Crippen MR) is 75.3 cm³/mol. The van der Waals surface area contributed by atoms with E-state index in [-0.39, 0.29) is 11.6 Å². The largest absolute Gasteiger partial charge is 0.416 e. The fraction of sp³-hybridized carbons (Fsp3) is 0.538. The standard InChI is InChI=1S/C13H18F3N3S/c1-19-6-7-20-8-11(19)12(18-17)9-4-2-3-5-10(9)13(14,15)16/h2-5,11-12,18H,6-8,17H2,1H3. The Morgan fingerprint density at radius 1 is 1.40 bits per heavy atom. The Kier molecular flexibility index (Phi) is 4.95. The summed E-state index contributed by atoms with van der Waals surface area (Å²) in [4.78, 5) is 2.06. The lowest BCUT2D eigenvalue weighted by molar-refractivity contribution is -0.138. The fourth-order valence-corrected chi connectivity index (χ4v) is 3.76. The summed E-state index contributed by atoms with van der Waals surface area (Å²) in [6.07, 6.45) is -4.37. The molecule has 3 N–H and O–H groups in total. The molecule has 1 aromatic rings. The predicted octanol–water partition coefficient (Wildman–Crippen LogP) is 2.26. The first-order valence-corrected chi connectivity index (χ1v) is 7.51. The van der Waals surface area contributed by atoms with Crippen LogP contribution in [0.25, 0.3) is 0 Å². The van der Waals surface area contributed by atoms with E-state index in [1.165, 1.54) is 12.1 Å². The van der Waals surface area contributed by atoms with E-state index in [4.69, 9.17) is 5.84 Å². The van der Waals surface area contributed by atoms with Gasteiger partial charge in [-0.3, -0.25) is 16.2 Å². The molecule has 0 amide bonds. The number of benzene rings is 1. The summed E-state index contributed by atoms with van der Waals surface area (Å²) in [7, 11) is 1.92. The van der Waals surface area contributed by atoms with Gasteiger partial charge in [-0.1, -0.05) is 18.2 Å². The van der Waals surface area contributed by atoms with Crippen LogP contribution < -0.4 is 11.3 Å². The number of halogens is 3. The van der Waals surface area contributed by atoms with Crippen molar-refractivity contribution in [2.45, 2.75) is 18.3 Å². The summed E-state index contributed by atoms with van der Waals surface area (Å²) in [6, 6.07) is 5.04. The molecule has 0 radical (unpaired) electrons. The van der Waals surface area contributed by atoms with Gasteiger partial charge in [0.25, 0.3) is 0 Å². The highest BCUT2D eigenvalue weighted by Crippen LogP contribution is 2.36. The zero-order chi connectivity index (χ0) is 14.8. The molecule has 0 saturated carbocycles. The Labute approximate surface area is 120 Å². The SMILES string of the molecule is CN1CCSCC1C(NN)c1ccccc1C(F)(F)F. The molecule has 112 valence electrons. The van der Waals surface area contributed by atoms with Gasteiger partial charge in [-0.15, -0.1) is 0 Å². The third kappa shape index (κ3) is 3.28. The van der Waals surface area contributed by atoms with Gasteiger partial charge in [-0.25, -0.2) is 0 Å². The van der Waals surface area contributed by atoms with Crippen molar-refractivity contribution in [2.75, 3.05) is 25.1 Å². The molecule has 2 rings (SSSR count). The van der Waals surface area contributed by atoms with Gasteiger partial charge in [-0.2, -0.15) is 24.9 Å². The molecule has 1 saturated heterocycles. The maximum atomic E-state index is 13.1. The van der Waals surface area contributed by atoms with Crippen LogP contribution in [0.4, 0.5) is 13.2 Å². The molecule has 1 aliphatic heterocycles. The summed E-state index contributed by atoms with van der Waals surface area (Å²) < 4.78 is 39.4. The maximum absolute atomic E-state index is 13.1. The molecule has 0 aromatic heterocycles. The van der Waals surface area contributed by atoms with Gasteiger partial charge in [0, 0.05) is 24.1 Å². The topological polar surface area (TPSA) is 41.3 Å². The Bertz CT molecular complexity index is 453. The second-order valence-electron chi connectivity index (χ2n) is 4.85. The summed E-state index contributed by atoms with van der Waals surface area (Å²) in [6.45, 7) is 0.849. The normalized spacial score (nSPS) is 22.8. The van der Waals surface area contributed by atoms with E-state index in [9.17, 15) is 13.2 Å². The quantitative estimate of drug-likeness (QED) is 0.664. The minimum atomic E-state index is -4.37. The van der Waals surface area contributed by atoms with E-state index in [0.29, 0.717) is 0 Å². The van der Waals surface area contributed by atoms with Gasteiger partial charge in [0.05, 0.1) is 11.6 Å². The van der Waals surface area contributed by atoms with E-state index >= 15 is 0 Å². The molecule has 0 spiro atoms. The van der Waals surface area contributed by atoms with Crippen LogP contribution in [0.2, 0.25) is 0 Å². The van der Waals surface area contributed by atoms with Crippen molar-refractivity contribution >= 4 is 11.8 Å². The molecule has 3 nitrogen and oxygen atoms in total. The van der Waals surface area contributed by atoms with E-state index in [0.717, 1.165) is 24.1 Å². The van der Waals surface area contributed by atoms with Crippen molar-refractivity contribution in [3.63, 3.8) is 0 Å². The molecule has 0 aliphatic carbocycles. The minimum absolute atomic E-state index is 0.0535. The molecule has 2 unspecified atom stereocenters. The summed E-state index contributed by atoms with van der Waals surface area (Å²) in [5.41, 5.74) is 2.17.